The first-order valence-corrected chi connectivity index (χ1v) is 7.83. The monoisotopic (exact) mass is 354 g/mol. The lowest BCUT2D eigenvalue weighted by atomic mass is 10.1. The van der Waals surface area contributed by atoms with Crippen LogP contribution < -0.4 is 10.6 Å². The minimum absolute atomic E-state index is 0.0325. The summed E-state index contributed by atoms with van der Waals surface area (Å²) in [5.41, 5.74) is 0.928. The molecule has 0 aliphatic carbocycles. The number of aromatic hydroxyl groups is 1. The quantitative estimate of drug-likeness (QED) is 0.566. The van der Waals surface area contributed by atoms with E-state index in [-0.39, 0.29) is 24.4 Å². The largest absolute Gasteiger partial charge is 0.508 e. The van der Waals surface area contributed by atoms with E-state index in [9.17, 15) is 19.5 Å². The average Bonchev–Trinajstić information content (AvgIpc) is 2.63. The Morgan fingerprint density at radius 2 is 1.62 bits per heavy atom. The van der Waals surface area contributed by atoms with Crippen LogP contribution in [0.5, 0.6) is 5.75 Å². The summed E-state index contributed by atoms with van der Waals surface area (Å²) < 4.78 is 0. The molecule has 0 aliphatic rings. The van der Waals surface area contributed by atoms with E-state index in [4.69, 9.17) is 5.11 Å². The smallest absolute Gasteiger partial charge is 0.305 e. The molecule has 26 heavy (non-hydrogen) atoms. The molecule has 0 saturated carbocycles. The lowest BCUT2D eigenvalue weighted by Gasteiger charge is -2.11. The Kier molecular flexibility index (Phi) is 6.50. The number of aliphatic carboxylic acids is 1. The van der Waals surface area contributed by atoms with Crippen LogP contribution in [0.25, 0.3) is 6.08 Å². The Morgan fingerprint density at radius 3 is 2.23 bits per heavy atom. The van der Waals surface area contributed by atoms with Crippen LogP contribution in [0.4, 0.5) is 0 Å². The first-order chi connectivity index (χ1) is 12.5. The van der Waals surface area contributed by atoms with Crippen molar-refractivity contribution in [3.05, 3.63) is 71.4 Å². The van der Waals surface area contributed by atoms with E-state index in [1.165, 1.54) is 18.2 Å². The van der Waals surface area contributed by atoms with Crippen molar-refractivity contribution in [1.82, 2.24) is 10.6 Å². The molecule has 0 spiro atoms. The summed E-state index contributed by atoms with van der Waals surface area (Å²) in [6.45, 7) is -0.0672. The van der Waals surface area contributed by atoms with Crippen molar-refractivity contribution in [3.63, 3.8) is 0 Å². The van der Waals surface area contributed by atoms with Crippen LogP contribution in [0, 0.1) is 0 Å². The molecule has 0 saturated heterocycles. The average molecular weight is 354 g/mol. The standard InChI is InChI=1S/C19H18N2O5/c22-15-8-6-13(7-9-15)12-16(19(26)20-11-10-17(23)24)21-18(25)14-4-2-1-3-5-14/h1-9,12,22H,10-11H2,(H,20,26)(H,21,25)(H,23,24)/b16-12-. The number of carbonyl (C=O) groups excluding carboxylic acids is 2. The molecule has 2 aromatic carbocycles. The fourth-order valence-electron chi connectivity index (χ4n) is 2.06. The summed E-state index contributed by atoms with van der Waals surface area (Å²) in [5, 5.41) is 23.0. The van der Waals surface area contributed by atoms with Gasteiger partial charge in [0, 0.05) is 12.1 Å². The Bertz CT molecular complexity index is 814. The number of amides is 2. The zero-order valence-electron chi connectivity index (χ0n) is 13.8. The molecule has 4 N–H and O–H groups in total. The fraction of sp³-hybridized carbons (Fsp3) is 0.105. The van der Waals surface area contributed by atoms with Gasteiger partial charge in [0.2, 0.25) is 0 Å². The van der Waals surface area contributed by atoms with Gasteiger partial charge in [-0.3, -0.25) is 14.4 Å². The molecule has 0 unspecified atom stereocenters. The van der Waals surface area contributed by atoms with Gasteiger partial charge in [0.25, 0.3) is 11.8 Å². The Hall–Kier alpha value is -3.61. The zero-order valence-corrected chi connectivity index (χ0v) is 13.8. The molecule has 134 valence electrons. The predicted molar refractivity (Wildman–Crippen MR) is 95.3 cm³/mol. The van der Waals surface area contributed by atoms with E-state index in [0.29, 0.717) is 11.1 Å². The molecule has 0 aliphatic heterocycles. The number of rotatable bonds is 7. The summed E-state index contributed by atoms with van der Waals surface area (Å²) in [4.78, 5) is 35.2. The van der Waals surface area contributed by atoms with Gasteiger partial charge in [-0.05, 0) is 35.9 Å². The van der Waals surface area contributed by atoms with Gasteiger partial charge in [-0.15, -0.1) is 0 Å². The minimum atomic E-state index is -1.04. The van der Waals surface area contributed by atoms with Gasteiger partial charge in [-0.25, -0.2) is 0 Å². The number of phenolic OH excluding ortho intramolecular Hbond substituents is 1. The molecule has 0 atom stereocenters. The van der Waals surface area contributed by atoms with Crippen LogP contribution in [0.15, 0.2) is 60.3 Å². The Morgan fingerprint density at radius 1 is 0.962 bits per heavy atom. The molecule has 7 nitrogen and oxygen atoms in total. The van der Waals surface area contributed by atoms with Crippen molar-refractivity contribution in [2.75, 3.05) is 6.54 Å². The number of carbonyl (C=O) groups is 3. The van der Waals surface area contributed by atoms with E-state index < -0.39 is 17.8 Å². The van der Waals surface area contributed by atoms with Crippen LogP contribution in [0.1, 0.15) is 22.3 Å². The molecule has 2 aromatic rings. The van der Waals surface area contributed by atoms with Crippen LogP contribution in [-0.4, -0.2) is 34.5 Å². The first-order valence-electron chi connectivity index (χ1n) is 7.83. The number of hydrogen-bond donors (Lipinski definition) is 4. The van der Waals surface area contributed by atoms with Crippen molar-refractivity contribution < 1.29 is 24.6 Å². The van der Waals surface area contributed by atoms with E-state index in [0.717, 1.165) is 0 Å². The highest BCUT2D eigenvalue weighted by atomic mass is 16.4. The molecule has 0 heterocycles. The summed E-state index contributed by atoms with van der Waals surface area (Å²) >= 11 is 0. The summed E-state index contributed by atoms with van der Waals surface area (Å²) in [7, 11) is 0. The van der Waals surface area contributed by atoms with E-state index in [2.05, 4.69) is 10.6 Å². The normalized spacial score (nSPS) is 10.8. The molecule has 0 bridgehead atoms. The number of benzene rings is 2. The maximum absolute atomic E-state index is 12.3. The predicted octanol–water partition coefficient (Wildman–Crippen LogP) is 1.75. The zero-order chi connectivity index (χ0) is 18.9. The van der Waals surface area contributed by atoms with E-state index in [1.807, 2.05) is 0 Å². The molecule has 0 fully saturated rings. The second-order valence-electron chi connectivity index (χ2n) is 5.37. The van der Waals surface area contributed by atoms with Crippen molar-refractivity contribution in [3.8, 4) is 5.75 Å². The molecule has 2 rings (SSSR count). The highest BCUT2D eigenvalue weighted by Crippen LogP contribution is 2.12. The van der Waals surface area contributed by atoms with Crippen LogP contribution in [0.3, 0.4) is 0 Å². The second-order valence-corrected chi connectivity index (χ2v) is 5.37. The van der Waals surface area contributed by atoms with Gasteiger partial charge < -0.3 is 20.8 Å². The van der Waals surface area contributed by atoms with Gasteiger partial charge >= 0.3 is 5.97 Å². The first kappa shape index (κ1) is 18.7. The second kappa shape index (κ2) is 9.03. The van der Waals surface area contributed by atoms with Crippen molar-refractivity contribution in [1.29, 1.82) is 0 Å². The number of carboxylic acid groups (broad SMARTS) is 1. The van der Waals surface area contributed by atoms with Crippen LogP contribution in [-0.2, 0) is 9.59 Å². The molecule has 0 aromatic heterocycles. The Labute approximate surface area is 150 Å². The topological polar surface area (TPSA) is 116 Å². The van der Waals surface area contributed by atoms with Crippen LogP contribution >= 0.6 is 0 Å². The van der Waals surface area contributed by atoms with Crippen molar-refractivity contribution in [2.45, 2.75) is 6.42 Å². The SMILES string of the molecule is O=C(O)CCNC(=O)/C(=C/c1ccc(O)cc1)NC(=O)c1ccccc1. The van der Waals surface area contributed by atoms with Crippen molar-refractivity contribution >= 4 is 23.9 Å². The summed E-state index contributed by atoms with van der Waals surface area (Å²) in [6, 6.07) is 14.4. The number of hydrogen-bond acceptors (Lipinski definition) is 4. The number of carboxylic acids is 1. The summed E-state index contributed by atoms with van der Waals surface area (Å²) in [6.07, 6.45) is 1.21. The number of nitrogens with one attached hydrogen (secondary N) is 2. The van der Waals surface area contributed by atoms with Crippen LogP contribution in [0.2, 0.25) is 0 Å². The maximum Gasteiger partial charge on any atom is 0.305 e. The minimum Gasteiger partial charge on any atom is -0.508 e. The molecular formula is C19H18N2O5. The number of phenols is 1. The van der Waals surface area contributed by atoms with E-state index >= 15 is 0 Å². The van der Waals surface area contributed by atoms with Gasteiger partial charge in [-0.2, -0.15) is 0 Å². The Balaban J connectivity index is 2.20. The molecular weight excluding hydrogens is 336 g/mol. The molecule has 2 amide bonds. The lowest BCUT2D eigenvalue weighted by molar-refractivity contribution is -0.136. The van der Waals surface area contributed by atoms with Gasteiger partial charge in [-0.1, -0.05) is 30.3 Å². The lowest BCUT2D eigenvalue weighted by Crippen LogP contribution is -2.35. The maximum atomic E-state index is 12.3. The van der Waals surface area contributed by atoms with Gasteiger partial charge in [0.05, 0.1) is 6.42 Å². The molecule has 0 radical (unpaired) electrons. The fourth-order valence-corrected chi connectivity index (χ4v) is 2.06. The van der Waals surface area contributed by atoms with Crippen molar-refractivity contribution in [2.24, 2.45) is 0 Å². The third-order valence-corrected chi connectivity index (χ3v) is 3.36. The van der Waals surface area contributed by atoms with Gasteiger partial charge in [0.1, 0.15) is 11.4 Å². The van der Waals surface area contributed by atoms with Gasteiger partial charge in [0.15, 0.2) is 0 Å². The summed E-state index contributed by atoms with van der Waals surface area (Å²) in [5.74, 6) is -2.04. The highest BCUT2D eigenvalue weighted by molar-refractivity contribution is 6.05. The van der Waals surface area contributed by atoms with E-state index in [1.54, 1.807) is 42.5 Å². The molecule has 7 heteroatoms. The third-order valence-electron chi connectivity index (χ3n) is 3.36. The highest BCUT2D eigenvalue weighted by Gasteiger charge is 2.14. The third kappa shape index (κ3) is 5.79.